The maximum atomic E-state index is 10.1. The summed E-state index contributed by atoms with van der Waals surface area (Å²) in [4.78, 5) is 10.1. The number of rotatable bonds is 3. The third kappa shape index (κ3) is 3.62. The Morgan fingerprint density at radius 2 is 2.21 bits per heavy atom. The molecule has 1 aromatic carbocycles. The summed E-state index contributed by atoms with van der Waals surface area (Å²) >= 11 is 3.31. The van der Waals surface area contributed by atoms with Gasteiger partial charge in [0.2, 0.25) is 0 Å². The van der Waals surface area contributed by atoms with E-state index < -0.39 is 5.97 Å². The third-order valence-electron chi connectivity index (χ3n) is 1.43. The van der Waals surface area contributed by atoms with Gasteiger partial charge in [-0.15, -0.1) is 0 Å². The fourth-order valence-corrected chi connectivity index (χ4v) is 1.53. The fraction of sp³-hybridized carbons (Fsp3) is 0.100. The van der Waals surface area contributed by atoms with Crippen LogP contribution < -0.4 is 4.74 Å². The second kappa shape index (κ2) is 4.81. The summed E-state index contributed by atoms with van der Waals surface area (Å²) < 4.78 is 5.99. The summed E-state index contributed by atoms with van der Waals surface area (Å²) in [6, 6.07) is 5.52. The number of carboxylic acid groups (broad SMARTS) is 1. The van der Waals surface area contributed by atoms with Gasteiger partial charge >= 0.3 is 5.97 Å². The van der Waals surface area contributed by atoms with Crippen molar-refractivity contribution >= 4 is 21.9 Å². The van der Waals surface area contributed by atoms with Gasteiger partial charge in [-0.1, -0.05) is 15.9 Å². The Balaban J connectivity index is 2.72. The van der Waals surface area contributed by atoms with Crippen LogP contribution in [0.25, 0.3) is 0 Å². The molecule has 0 saturated carbocycles. The van der Waals surface area contributed by atoms with Gasteiger partial charge in [-0.2, -0.15) is 0 Å². The summed E-state index contributed by atoms with van der Waals surface area (Å²) in [7, 11) is 0. The van der Waals surface area contributed by atoms with Crippen LogP contribution in [0.5, 0.6) is 5.75 Å². The first-order valence-electron chi connectivity index (χ1n) is 3.91. The lowest BCUT2D eigenvalue weighted by Gasteiger charge is -2.01. The molecule has 0 unspecified atom stereocenters. The minimum atomic E-state index is -1.03. The van der Waals surface area contributed by atoms with E-state index in [1.165, 1.54) is 0 Å². The molecule has 1 N–H and O–H groups in total. The van der Waals surface area contributed by atoms with E-state index in [2.05, 4.69) is 15.9 Å². The lowest BCUT2D eigenvalue weighted by atomic mass is 10.2. The summed E-state index contributed by atoms with van der Waals surface area (Å²) in [5.41, 5.74) is 1.04. The molecule has 0 heterocycles. The number of carbonyl (C=O) groups is 1. The first-order valence-corrected chi connectivity index (χ1v) is 4.70. The Hall–Kier alpha value is -1.29. The predicted octanol–water partition coefficient (Wildman–Crippen LogP) is 2.73. The van der Waals surface area contributed by atoms with E-state index in [0.717, 1.165) is 22.4 Å². The standard InChI is InChI=1S/C10H9BrO3/c1-7-4-8(11)6-9(5-7)14-3-2-10(12)13/h2-6H,1H3,(H,12,13). The second-order valence-electron chi connectivity index (χ2n) is 2.72. The summed E-state index contributed by atoms with van der Waals surface area (Å²) in [6.45, 7) is 1.93. The average molecular weight is 257 g/mol. The summed E-state index contributed by atoms with van der Waals surface area (Å²) in [5, 5.41) is 8.32. The van der Waals surface area contributed by atoms with E-state index in [9.17, 15) is 4.79 Å². The highest BCUT2D eigenvalue weighted by Gasteiger charge is 1.95. The second-order valence-corrected chi connectivity index (χ2v) is 3.64. The van der Waals surface area contributed by atoms with Crippen molar-refractivity contribution in [2.24, 2.45) is 0 Å². The largest absolute Gasteiger partial charge is 0.478 e. The first kappa shape index (κ1) is 10.8. The number of carboxylic acids is 1. The molecule has 1 rings (SSSR count). The molecule has 0 radical (unpaired) electrons. The smallest absolute Gasteiger partial charge is 0.331 e. The zero-order chi connectivity index (χ0) is 10.6. The minimum absolute atomic E-state index is 0.606. The summed E-state index contributed by atoms with van der Waals surface area (Å²) in [5.74, 6) is -0.425. The quantitative estimate of drug-likeness (QED) is 0.669. The molecule has 0 aliphatic carbocycles. The third-order valence-corrected chi connectivity index (χ3v) is 1.89. The molecule has 74 valence electrons. The molecule has 0 aliphatic rings. The van der Waals surface area contributed by atoms with Crippen LogP contribution in [0.1, 0.15) is 5.56 Å². The van der Waals surface area contributed by atoms with E-state index in [1.54, 1.807) is 6.07 Å². The van der Waals surface area contributed by atoms with Crippen molar-refractivity contribution in [1.82, 2.24) is 0 Å². The van der Waals surface area contributed by atoms with Crippen LogP contribution in [0.15, 0.2) is 35.0 Å². The maximum absolute atomic E-state index is 10.1. The molecule has 0 aromatic heterocycles. The molecule has 4 heteroatoms. The highest BCUT2D eigenvalue weighted by molar-refractivity contribution is 9.10. The van der Waals surface area contributed by atoms with Gasteiger partial charge in [-0.3, -0.25) is 0 Å². The zero-order valence-corrected chi connectivity index (χ0v) is 9.11. The number of aliphatic carboxylic acids is 1. The molecular formula is C10H9BrO3. The topological polar surface area (TPSA) is 46.5 Å². The fourth-order valence-electron chi connectivity index (χ4n) is 0.942. The van der Waals surface area contributed by atoms with E-state index in [-0.39, 0.29) is 0 Å². The molecule has 0 amide bonds. The molecule has 1 aromatic rings. The van der Waals surface area contributed by atoms with Crippen LogP contribution in [0.2, 0.25) is 0 Å². The lowest BCUT2D eigenvalue weighted by molar-refractivity contribution is -0.131. The van der Waals surface area contributed by atoms with Crippen molar-refractivity contribution in [1.29, 1.82) is 0 Å². The molecule has 0 bridgehead atoms. The Bertz CT molecular complexity index is 351. The highest BCUT2D eigenvalue weighted by Crippen LogP contribution is 2.20. The van der Waals surface area contributed by atoms with Crippen molar-refractivity contribution in [3.8, 4) is 5.75 Å². The maximum Gasteiger partial charge on any atom is 0.331 e. The van der Waals surface area contributed by atoms with Crippen molar-refractivity contribution < 1.29 is 14.6 Å². The SMILES string of the molecule is Cc1cc(Br)cc(OC=CC(=O)O)c1. The summed E-state index contributed by atoms with van der Waals surface area (Å²) in [6.07, 6.45) is 2.08. The Morgan fingerprint density at radius 1 is 1.50 bits per heavy atom. The van der Waals surface area contributed by atoms with Crippen molar-refractivity contribution in [2.75, 3.05) is 0 Å². The Kier molecular flexibility index (Phi) is 3.71. The number of aryl methyl sites for hydroxylation is 1. The molecule has 0 fully saturated rings. The Labute approximate surface area is 90.1 Å². The van der Waals surface area contributed by atoms with Gasteiger partial charge in [0.15, 0.2) is 0 Å². The first-order chi connectivity index (χ1) is 6.58. The van der Waals surface area contributed by atoms with E-state index >= 15 is 0 Å². The van der Waals surface area contributed by atoms with Gasteiger partial charge in [-0.25, -0.2) is 4.79 Å². The highest BCUT2D eigenvalue weighted by atomic mass is 79.9. The van der Waals surface area contributed by atoms with Gasteiger partial charge in [0.05, 0.1) is 12.3 Å². The minimum Gasteiger partial charge on any atom is -0.478 e. The van der Waals surface area contributed by atoms with Crippen LogP contribution in [0.3, 0.4) is 0 Å². The van der Waals surface area contributed by atoms with Crippen molar-refractivity contribution in [3.05, 3.63) is 40.6 Å². The molecular weight excluding hydrogens is 248 g/mol. The van der Waals surface area contributed by atoms with E-state index in [0.29, 0.717) is 5.75 Å². The van der Waals surface area contributed by atoms with Crippen LogP contribution in [0, 0.1) is 6.92 Å². The van der Waals surface area contributed by atoms with Crippen LogP contribution in [-0.2, 0) is 4.79 Å². The molecule has 0 aliphatic heterocycles. The lowest BCUT2D eigenvalue weighted by Crippen LogP contribution is -1.89. The van der Waals surface area contributed by atoms with Gasteiger partial charge in [0.1, 0.15) is 5.75 Å². The van der Waals surface area contributed by atoms with Crippen molar-refractivity contribution in [3.63, 3.8) is 0 Å². The molecule has 0 spiro atoms. The zero-order valence-electron chi connectivity index (χ0n) is 7.53. The van der Waals surface area contributed by atoms with Crippen LogP contribution >= 0.6 is 15.9 Å². The number of hydrogen-bond donors (Lipinski definition) is 1. The normalized spacial score (nSPS) is 10.4. The van der Waals surface area contributed by atoms with Crippen LogP contribution in [-0.4, -0.2) is 11.1 Å². The number of benzene rings is 1. The van der Waals surface area contributed by atoms with Crippen molar-refractivity contribution in [2.45, 2.75) is 6.92 Å². The van der Waals surface area contributed by atoms with E-state index in [1.807, 2.05) is 19.1 Å². The van der Waals surface area contributed by atoms with Crippen LogP contribution in [0.4, 0.5) is 0 Å². The molecule has 14 heavy (non-hydrogen) atoms. The number of halogens is 1. The average Bonchev–Trinajstić information content (AvgIpc) is 2.01. The molecule has 0 saturated heterocycles. The van der Waals surface area contributed by atoms with Gasteiger partial charge < -0.3 is 9.84 Å². The van der Waals surface area contributed by atoms with Gasteiger partial charge in [-0.05, 0) is 30.7 Å². The monoisotopic (exact) mass is 256 g/mol. The molecule has 0 atom stereocenters. The molecule has 3 nitrogen and oxygen atoms in total. The predicted molar refractivity (Wildman–Crippen MR) is 56.3 cm³/mol. The number of hydrogen-bond acceptors (Lipinski definition) is 2. The van der Waals surface area contributed by atoms with E-state index in [4.69, 9.17) is 9.84 Å². The Morgan fingerprint density at radius 3 is 2.79 bits per heavy atom. The van der Waals surface area contributed by atoms with Gasteiger partial charge in [0.25, 0.3) is 0 Å². The number of ether oxygens (including phenoxy) is 1. The van der Waals surface area contributed by atoms with Gasteiger partial charge in [0, 0.05) is 4.47 Å².